The standard InChI is InChI=1S/C19H27N7O3S/c1-30(28,29)17-7-5-16(6-8-17)26-18(20-21-22-26)15-23-11-13-25(14-12-23)19(27)24-9-3-2-4-10-24/h5-8H,2-4,9-15H2,1H3. The zero-order chi connectivity index (χ0) is 21.1. The molecule has 0 spiro atoms. The number of hydrogen-bond donors (Lipinski definition) is 0. The molecule has 30 heavy (non-hydrogen) atoms. The lowest BCUT2D eigenvalue weighted by atomic mass is 10.1. The van der Waals surface area contributed by atoms with Gasteiger partial charge < -0.3 is 9.80 Å². The van der Waals surface area contributed by atoms with Crippen molar-refractivity contribution >= 4 is 15.9 Å². The third-order valence-corrected chi connectivity index (χ3v) is 6.81. The Morgan fingerprint density at radius 2 is 1.57 bits per heavy atom. The molecule has 0 N–H and O–H groups in total. The van der Waals surface area contributed by atoms with Gasteiger partial charge in [-0.05, 0) is 54.0 Å². The Morgan fingerprint density at radius 3 is 2.20 bits per heavy atom. The molecule has 2 aromatic rings. The van der Waals surface area contributed by atoms with Crippen LogP contribution in [0.1, 0.15) is 25.1 Å². The first kappa shape index (κ1) is 20.7. The first-order valence-corrected chi connectivity index (χ1v) is 12.1. The SMILES string of the molecule is CS(=O)(=O)c1ccc(-n2nnnc2CN2CCN(C(=O)N3CCCCC3)CC2)cc1. The first-order chi connectivity index (χ1) is 14.4. The molecule has 10 nitrogen and oxygen atoms in total. The van der Waals surface area contributed by atoms with Gasteiger partial charge in [0.2, 0.25) is 0 Å². The van der Waals surface area contributed by atoms with E-state index in [1.807, 2.05) is 9.80 Å². The van der Waals surface area contributed by atoms with Crippen molar-refractivity contribution in [2.45, 2.75) is 30.7 Å². The maximum absolute atomic E-state index is 12.7. The number of sulfone groups is 1. The minimum absolute atomic E-state index is 0.158. The van der Waals surface area contributed by atoms with Gasteiger partial charge in [-0.15, -0.1) is 5.10 Å². The van der Waals surface area contributed by atoms with Gasteiger partial charge in [-0.1, -0.05) is 0 Å². The topological polar surface area (TPSA) is 105 Å². The van der Waals surface area contributed by atoms with Crippen LogP contribution >= 0.6 is 0 Å². The van der Waals surface area contributed by atoms with Crippen LogP contribution in [-0.2, 0) is 16.4 Å². The van der Waals surface area contributed by atoms with Crippen LogP contribution in [0.5, 0.6) is 0 Å². The Balaban J connectivity index is 1.36. The molecule has 1 aromatic carbocycles. The number of hydrogen-bond acceptors (Lipinski definition) is 7. The second-order valence-electron chi connectivity index (χ2n) is 7.87. The van der Waals surface area contributed by atoms with Crippen molar-refractivity contribution in [1.29, 1.82) is 0 Å². The number of carbonyl (C=O) groups excluding carboxylic acids is 1. The number of likely N-dealkylation sites (tertiary alicyclic amines) is 1. The lowest BCUT2D eigenvalue weighted by molar-refractivity contribution is 0.103. The minimum atomic E-state index is -3.25. The van der Waals surface area contributed by atoms with Crippen molar-refractivity contribution in [3.63, 3.8) is 0 Å². The van der Waals surface area contributed by atoms with Gasteiger partial charge in [-0.25, -0.2) is 13.2 Å². The second kappa shape index (κ2) is 8.68. The number of aromatic nitrogens is 4. The Bertz CT molecular complexity index is 976. The first-order valence-electron chi connectivity index (χ1n) is 10.3. The van der Waals surface area contributed by atoms with Crippen LogP contribution in [0.15, 0.2) is 29.2 Å². The zero-order valence-corrected chi connectivity index (χ0v) is 18.0. The molecule has 0 saturated carbocycles. The Labute approximate surface area is 176 Å². The Kier molecular flexibility index (Phi) is 6.00. The van der Waals surface area contributed by atoms with Gasteiger partial charge in [0.05, 0.1) is 17.1 Å². The Morgan fingerprint density at radius 1 is 0.933 bits per heavy atom. The highest BCUT2D eigenvalue weighted by Crippen LogP contribution is 2.16. The van der Waals surface area contributed by atoms with E-state index in [0.29, 0.717) is 31.1 Å². The summed E-state index contributed by atoms with van der Waals surface area (Å²) in [5.74, 6) is 0.679. The molecule has 4 rings (SSSR count). The summed E-state index contributed by atoms with van der Waals surface area (Å²) in [6, 6.07) is 6.67. The predicted octanol–water partition coefficient (Wildman–Crippen LogP) is 0.789. The molecule has 0 atom stereocenters. The monoisotopic (exact) mass is 433 g/mol. The van der Waals surface area contributed by atoms with E-state index in [-0.39, 0.29) is 10.9 Å². The van der Waals surface area contributed by atoms with Crippen molar-refractivity contribution in [1.82, 2.24) is 34.9 Å². The molecular weight excluding hydrogens is 406 g/mol. The maximum Gasteiger partial charge on any atom is 0.320 e. The molecule has 0 aliphatic carbocycles. The summed E-state index contributed by atoms with van der Waals surface area (Å²) in [7, 11) is -3.25. The van der Waals surface area contributed by atoms with Crippen molar-refractivity contribution in [3.8, 4) is 5.69 Å². The van der Waals surface area contributed by atoms with Crippen LogP contribution in [0.2, 0.25) is 0 Å². The molecular formula is C19H27N7O3S. The number of piperidine rings is 1. The maximum atomic E-state index is 12.7. The molecule has 11 heteroatoms. The predicted molar refractivity (Wildman–Crippen MR) is 110 cm³/mol. The molecule has 2 amide bonds. The molecule has 2 aliphatic heterocycles. The number of nitrogens with zero attached hydrogens (tertiary/aromatic N) is 7. The van der Waals surface area contributed by atoms with Gasteiger partial charge in [-0.3, -0.25) is 4.90 Å². The molecule has 2 aliphatic rings. The van der Waals surface area contributed by atoms with Crippen LogP contribution in [-0.4, -0.2) is 94.9 Å². The van der Waals surface area contributed by atoms with E-state index >= 15 is 0 Å². The van der Waals surface area contributed by atoms with E-state index in [4.69, 9.17) is 0 Å². The minimum Gasteiger partial charge on any atom is -0.325 e. The third-order valence-electron chi connectivity index (χ3n) is 5.68. The van der Waals surface area contributed by atoms with Gasteiger partial charge in [0.15, 0.2) is 15.7 Å². The number of piperazine rings is 1. The van der Waals surface area contributed by atoms with Crippen molar-refractivity contribution < 1.29 is 13.2 Å². The fourth-order valence-electron chi connectivity index (χ4n) is 3.92. The highest BCUT2D eigenvalue weighted by atomic mass is 32.2. The van der Waals surface area contributed by atoms with E-state index in [2.05, 4.69) is 20.4 Å². The summed E-state index contributed by atoms with van der Waals surface area (Å²) in [6.07, 6.45) is 4.59. The van der Waals surface area contributed by atoms with Gasteiger partial charge in [0.25, 0.3) is 0 Å². The van der Waals surface area contributed by atoms with E-state index in [0.717, 1.165) is 39.0 Å². The van der Waals surface area contributed by atoms with Crippen molar-refractivity contribution in [2.75, 3.05) is 45.5 Å². The summed E-state index contributed by atoms with van der Waals surface area (Å²) in [4.78, 5) is 19.1. The fraction of sp³-hybridized carbons (Fsp3) is 0.579. The normalized spacial score (nSPS) is 18.6. The fourth-order valence-corrected chi connectivity index (χ4v) is 4.55. The number of benzene rings is 1. The smallest absolute Gasteiger partial charge is 0.320 e. The number of urea groups is 1. The molecule has 2 saturated heterocycles. The van der Waals surface area contributed by atoms with E-state index in [9.17, 15) is 13.2 Å². The highest BCUT2D eigenvalue weighted by molar-refractivity contribution is 7.90. The molecule has 0 radical (unpaired) electrons. The third kappa shape index (κ3) is 4.62. The lowest BCUT2D eigenvalue weighted by Crippen LogP contribution is -2.53. The summed E-state index contributed by atoms with van der Waals surface area (Å²) in [6.45, 7) is 5.21. The quantitative estimate of drug-likeness (QED) is 0.702. The molecule has 3 heterocycles. The number of rotatable bonds is 4. The summed E-state index contributed by atoms with van der Waals surface area (Å²) in [5.41, 5.74) is 0.710. The van der Waals surface area contributed by atoms with E-state index < -0.39 is 9.84 Å². The van der Waals surface area contributed by atoms with Crippen LogP contribution in [0.4, 0.5) is 4.79 Å². The average molecular weight is 434 g/mol. The molecule has 1 aromatic heterocycles. The summed E-state index contributed by atoms with van der Waals surface area (Å²) < 4.78 is 24.9. The van der Waals surface area contributed by atoms with Crippen LogP contribution < -0.4 is 0 Å². The van der Waals surface area contributed by atoms with E-state index in [1.54, 1.807) is 28.9 Å². The second-order valence-corrected chi connectivity index (χ2v) is 9.88. The van der Waals surface area contributed by atoms with Gasteiger partial charge in [0.1, 0.15) is 0 Å². The van der Waals surface area contributed by atoms with Gasteiger partial charge in [0, 0.05) is 45.5 Å². The largest absolute Gasteiger partial charge is 0.325 e. The van der Waals surface area contributed by atoms with Gasteiger partial charge in [-0.2, -0.15) is 4.68 Å². The molecule has 2 fully saturated rings. The Hall–Kier alpha value is -2.53. The highest BCUT2D eigenvalue weighted by Gasteiger charge is 2.27. The van der Waals surface area contributed by atoms with E-state index in [1.165, 1.54) is 12.7 Å². The average Bonchev–Trinajstić information content (AvgIpc) is 3.22. The van der Waals surface area contributed by atoms with Crippen molar-refractivity contribution in [2.24, 2.45) is 0 Å². The van der Waals surface area contributed by atoms with Gasteiger partial charge >= 0.3 is 6.03 Å². The van der Waals surface area contributed by atoms with Crippen molar-refractivity contribution in [3.05, 3.63) is 30.1 Å². The molecule has 162 valence electrons. The lowest BCUT2D eigenvalue weighted by Gasteiger charge is -2.38. The summed E-state index contributed by atoms with van der Waals surface area (Å²) in [5, 5.41) is 12.0. The molecule has 0 unspecified atom stereocenters. The van der Waals surface area contributed by atoms with Crippen LogP contribution in [0.25, 0.3) is 5.69 Å². The molecule has 0 bridgehead atoms. The van der Waals surface area contributed by atoms with Crippen LogP contribution in [0.3, 0.4) is 0 Å². The number of carbonyl (C=O) groups is 1. The van der Waals surface area contributed by atoms with Crippen LogP contribution in [0, 0.1) is 0 Å². The zero-order valence-electron chi connectivity index (χ0n) is 17.1. The summed E-state index contributed by atoms with van der Waals surface area (Å²) >= 11 is 0. The number of amides is 2. The number of tetrazole rings is 1.